The Morgan fingerprint density at radius 1 is 1.04 bits per heavy atom. The number of hydrogen-bond acceptors (Lipinski definition) is 2. The zero-order valence-corrected chi connectivity index (χ0v) is 13.9. The molecule has 118 valence electrons. The third-order valence-corrected chi connectivity index (χ3v) is 5.79. The first-order chi connectivity index (χ1) is 11.0. The van der Waals surface area contributed by atoms with Crippen molar-refractivity contribution in [2.75, 3.05) is 6.54 Å². The number of sulfonamides is 1. The molecule has 0 radical (unpaired) electrons. The van der Waals surface area contributed by atoms with E-state index in [1.807, 2.05) is 55.5 Å². The number of allylic oxidation sites excluding steroid dienone is 1. The molecule has 23 heavy (non-hydrogen) atoms. The number of rotatable bonds is 3. The van der Waals surface area contributed by atoms with Crippen LogP contribution in [0, 0.1) is 6.92 Å². The van der Waals surface area contributed by atoms with Crippen LogP contribution in [0.25, 0.3) is 6.08 Å². The lowest BCUT2D eigenvalue weighted by Crippen LogP contribution is -2.26. The van der Waals surface area contributed by atoms with Gasteiger partial charge in [-0.15, -0.1) is 0 Å². The highest BCUT2D eigenvalue weighted by molar-refractivity contribution is 7.89. The largest absolute Gasteiger partial charge is 0.266 e. The topological polar surface area (TPSA) is 37.4 Å². The molecular weight excluding hydrogens is 306 g/mol. The molecule has 0 N–H and O–H groups in total. The lowest BCUT2D eigenvalue weighted by atomic mass is 10.1. The first kappa shape index (κ1) is 15.6. The van der Waals surface area contributed by atoms with Crippen LogP contribution in [0.2, 0.25) is 0 Å². The highest BCUT2D eigenvalue weighted by Gasteiger charge is 2.32. The minimum atomic E-state index is -3.55. The molecule has 1 saturated heterocycles. The Bertz CT molecular complexity index is 850. The van der Waals surface area contributed by atoms with Crippen molar-refractivity contribution in [2.24, 2.45) is 0 Å². The smallest absolute Gasteiger partial charge is 0.264 e. The van der Waals surface area contributed by atoms with Crippen LogP contribution in [0.5, 0.6) is 0 Å². The van der Waals surface area contributed by atoms with Gasteiger partial charge in [-0.05, 0) is 42.7 Å². The molecule has 1 fully saturated rings. The highest BCUT2D eigenvalue weighted by Crippen LogP contribution is 2.33. The van der Waals surface area contributed by atoms with Gasteiger partial charge in [-0.3, -0.25) is 4.31 Å². The van der Waals surface area contributed by atoms with Gasteiger partial charge >= 0.3 is 0 Å². The summed E-state index contributed by atoms with van der Waals surface area (Å²) in [6.45, 7) is 6.41. The Hall–Kier alpha value is -2.33. The summed E-state index contributed by atoms with van der Waals surface area (Å²) < 4.78 is 27.3. The number of benzene rings is 2. The molecule has 2 aromatic rings. The van der Waals surface area contributed by atoms with Gasteiger partial charge in [0.15, 0.2) is 0 Å². The standard InChI is InChI=1S/C19H19NO2S/c1-15-8-10-18(11-9-15)23(21,22)20-13-12-16(2)19(20)14-17-6-4-3-5-7-17/h3-11,14H,2,12-13H2,1H3/b19-14+. The van der Waals surface area contributed by atoms with E-state index in [1.54, 1.807) is 12.1 Å². The normalized spacial score (nSPS) is 17.0. The summed E-state index contributed by atoms with van der Waals surface area (Å²) in [4.78, 5) is 0.316. The van der Waals surface area contributed by atoms with Crippen molar-refractivity contribution >= 4 is 16.1 Å². The Labute approximate surface area is 137 Å². The molecule has 1 heterocycles. The van der Waals surface area contributed by atoms with Crippen LogP contribution in [0.15, 0.2) is 77.3 Å². The highest BCUT2D eigenvalue weighted by atomic mass is 32.2. The molecule has 0 aliphatic carbocycles. The second-order valence-electron chi connectivity index (χ2n) is 5.68. The van der Waals surface area contributed by atoms with Gasteiger partial charge in [0.2, 0.25) is 0 Å². The molecule has 0 saturated carbocycles. The summed E-state index contributed by atoms with van der Waals surface area (Å²) in [5, 5.41) is 0. The maximum Gasteiger partial charge on any atom is 0.264 e. The molecule has 1 aliphatic rings. The van der Waals surface area contributed by atoms with Gasteiger partial charge in [0.25, 0.3) is 10.0 Å². The third-order valence-electron chi connectivity index (χ3n) is 3.96. The van der Waals surface area contributed by atoms with E-state index in [0.29, 0.717) is 23.6 Å². The van der Waals surface area contributed by atoms with Crippen LogP contribution in [0.4, 0.5) is 0 Å². The van der Waals surface area contributed by atoms with Crippen molar-refractivity contribution in [3.8, 4) is 0 Å². The van der Waals surface area contributed by atoms with Crippen LogP contribution in [-0.4, -0.2) is 19.3 Å². The van der Waals surface area contributed by atoms with Crippen molar-refractivity contribution in [2.45, 2.75) is 18.2 Å². The van der Waals surface area contributed by atoms with E-state index in [0.717, 1.165) is 16.7 Å². The van der Waals surface area contributed by atoms with Crippen LogP contribution < -0.4 is 0 Å². The summed E-state index contributed by atoms with van der Waals surface area (Å²) in [5.74, 6) is 0. The zero-order chi connectivity index (χ0) is 16.4. The second-order valence-corrected chi connectivity index (χ2v) is 7.55. The van der Waals surface area contributed by atoms with Gasteiger partial charge in [0.05, 0.1) is 10.6 Å². The third kappa shape index (κ3) is 3.08. The molecule has 3 nitrogen and oxygen atoms in total. The first-order valence-electron chi connectivity index (χ1n) is 7.53. The molecule has 4 heteroatoms. The predicted molar refractivity (Wildman–Crippen MR) is 93.2 cm³/mol. The van der Waals surface area contributed by atoms with Crippen molar-refractivity contribution in [1.82, 2.24) is 4.31 Å². The van der Waals surface area contributed by atoms with Gasteiger partial charge in [0.1, 0.15) is 0 Å². The van der Waals surface area contributed by atoms with Crippen molar-refractivity contribution < 1.29 is 8.42 Å². The molecule has 0 amide bonds. The molecule has 0 bridgehead atoms. The SMILES string of the molecule is C=C1CCN(S(=O)(=O)c2ccc(C)cc2)/C1=C/c1ccccc1. The minimum absolute atomic E-state index is 0.316. The lowest BCUT2D eigenvalue weighted by molar-refractivity contribution is 0.512. The fourth-order valence-corrected chi connectivity index (χ4v) is 4.14. The average Bonchev–Trinajstić information content (AvgIpc) is 2.90. The second kappa shape index (κ2) is 6.05. The fraction of sp³-hybridized carbons (Fsp3) is 0.158. The van der Waals surface area contributed by atoms with E-state index >= 15 is 0 Å². The van der Waals surface area contributed by atoms with Gasteiger partial charge in [-0.25, -0.2) is 8.42 Å². The van der Waals surface area contributed by atoms with E-state index in [9.17, 15) is 8.42 Å². The Morgan fingerprint density at radius 3 is 2.35 bits per heavy atom. The lowest BCUT2D eigenvalue weighted by Gasteiger charge is -2.20. The summed E-state index contributed by atoms with van der Waals surface area (Å²) in [7, 11) is -3.55. The zero-order valence-electron chi connectivity index (χ0n) is 13.1. The van der Waals surface area contributed by atoms with E-state index in [2.05, 4.69) is 6.58 Å². The number of nitrogens with zero attached hydrogens (tertiary/aromatic N) is 1. The van der Waals surface area contributed by atoms with E-state index < -0.39 is 10.0 Å². The maximum atomic E-state index is 12.9. The van der Waals surface area contributed by atoms with Crippen LogP contribution in [0.1, 0.15) is 17.5 Å². The molecule has 0 atom stereocenters. The van der Waals surface area contributed by atoms with Gasteiger partial charge in [0, 0.05) is 6.54 Å². The molecule has 1 aliphatic heterocycles. The van der Waals surface area contributed by atoms with Crippen molar-refractivity contribution in [3.05, 3.63) is 83.6 Å². The van der Waals surface area contributed by atoms with Gasteiger partial charge < -0.3 is 0 Å². The summed E-state index contributed by atoms with van der Waals surface area (Å²) >= 11 is 0. The Morgan fingerprint density at radius 2 is 1.70 bits per heavy atom. The van der Waals surface area contributed by atoms with Crippen LogP contribution >= 0.6 is 0 Å². The summed E-state index contributed by atoms with van der Waals surface area (Å²) in [6, 6.07) is 16.7. The summed E-state index contributed by atoms with van der Waals surface area (Å²) in [5.41, 5.74) is 3.53. The molecule has 0 spiro atoms. The molecular formula is C19H19NO2S. The predicted octanol–water partition coefficient (Wildman–Crippen LogP) is 3.99. The Kier molecular flexibility index (Phi) is 4.09. The first-order valence-corrected chi connectivity index (χ1v) is 8.97. The van der Waals surface area contributed by atoms with Crippen molar-refractivity contribution in [3.63, 3.8) is 0 Å². The number of hydrogen-bond donors (Lipinski definition) is 0. The van der Waals surface area contributed by atoms with E-state index in [4.69, 9.17) is 0 Å². The van der Waals surface area contributed by atoms with E-state index in [1.165, 1.54) is 4.31 Å². The minimum Gasteiger partial charge on any atom is -0.266 e. The summed E-state index contributed by atoms with van der Waals surface area (Å²) in [6.07, 6.45) is 2.55. The number of aryl methyl sites for hydroxylation is 1. The Balaban J connectivity index is 2.02. The average molecular weight is 325 g/mol. The maximum absolute atomic E-state index is 12.9. The van der Waals surface area contributed by atoms with E-state index in [-0.39, 0.29) is 0 Å². The van der Waals surface area contributed by atoms with Crippen LogP contribution in [-0.2, 0) is 10.0 Å². The van der Waals surface area contributed by atoms with Gasteiger partial charge in [-0.1, -0.05) is 54.6 Å². The van der Waals surface area contributed by atoms with Crippen LogP contribution in [0.3, 0.4) is 0 Å². The van der Waals surface area contributed by atoms with Crippen molar-refractivity contribution in [1.29, 1.82) is 0 Å². The molecule has 3 rings (SSSR count). The molecule has 2 aromatic carbocycles. The molecule has 0 aromatic heterocycles. The molecule has 0 unspecified atom stereocenters. The van der Waals surface area contributed by atoms with Gasteiger partial charge in [-0.2, -0.15) is 0 Å². The quantitative estimate of drug-likeness (QED) is 0.856. The fourth-order valence-electron chi connectivity index (χ4n) is 2.63. The monoisotopic (exact) mass is 325 g/mol.